The van der Waals surface area contributed by atoms with E-state index in [1.54, 1.807) is 0 Å². The van der Waals surface area contributed by atoms with Crippen molar-refractivity contribution in [2.75, 3.05) is 23.9 Å². The van der Waals surface area contributed by atoms with Gasteiger partial charge in [-0.25, -0.2) is 9.18 Å². The molecule has 2 rings (SSSR count). The maximum Gasteiger partial charge on any atom is 0.414 e. The maximum absolute atomic E-state index is 13.3. The molecule has 0 saturated carbocycles. The molecule has 0 radical (unpaired) electrons. The Morgan fingerprint density at radius 1 is 1.60 bits per heavy atom. The van der Waals surface area contributed by atoms with Crippen LogP contribution in [0, 0.1) is 5.82 Å². The third kappa shape index (κ3) is 3.11. The highest BCUT2D eigenvalue weighted by molar-refractivity contribution is 6.27. The van der Waals surface area contributed by atoms with E-state index in [2.05, 4.69) is 5.32 Å². The lowest BCUT2D eigenvalue weighted by molar-refractivity contribution is -0.119. The summed E-state index contributed by atoms with van der Waals surface area (Å²) in [4.78, 5) is 23.9. The van der Waals surface area contributed by atoms with E-state index >= 15 is 0 Å². The van der Waals surface area contributed by atoms with Crippen LogP contribution in [0.15, 0.2) is 18.2 Å². The van der Waals surface area contributed by atoms with Gasteiger partial charge in [0.25, 0.3) is 0 Å². The van der Waals surface area contributed by atoms with Gasteiger partial charge in [-0.05, 0) is 12.1 Å². The number of carbonyl (C=O) groups excluding carboxylic acids is 2. The van der Waals surface area contributed by atoms with E-state index in [1.165, 1.54) is 11.0 Å². The van der Waals surface area contributed by atoms with Crippen molar-refractivity contribution >= 4 is 29.3 Å². The van der Waals surface area contributed by atoms with E-state index in [4.69, 9.17) is 21.4 Å². The van der Waals surface area contributed by atoms with Crippen LogP contribution < -0.4 is 10.2 Å². The first kappa shape index (κ1) is 14.4. The van der Waals surface area contributed by atoms with E-state index in [0.29, 0.717) is 0 Å². The molecule has 0 spiro atoms. The van der Waals surface area contributed by atoms with Crippen molar-refractivity contribution in [3.05, 3.63) is 24.0 Å². The summed E-state index contributed by atoms with van der Waals surface area (Å²) >= 11 is 5.33. The van der Waals surface area contributed by atoms with Crippen LogP contribution in [-0.4, -0.2) is 42.2 Å². The Kier molecular flexibility index (Phi) is 4.29. The van der Waals surface area contributed by atoms with Crippen molar-refractivity contribution in [3.63, 3.8) is 0 Å². The van der Waals surface area contributed by atoms with Gasteiger partial charge >= 0.3 is 6.09 Å². The standard InChI is InChI=1S/C12H12ClFN2O4/c13-4-11(18)15-5-8-6-16(12(19)20-8)7-1-2-10(17)9(14)3-7/h1-3,8,17H,4-6H2,(H,15,18)/t8-/m0/s1. The molecule has 1 aromatic carbocycles. The number of alkyl halides is 1. The van der Waals surface area contributed by atoms with E-state index in [1.807, 2.05) is 0 Å². The van der Waals surface area contributed by atoms with Gasteiger partial charge in [-0.3, -0.25) is 9.69 Å². The number of halogens is 2. The molecule has 0 bridgehead atoms. The zero-order valence-corrected chi connectivity index (χ0v) is 11.1. The van der Waals surface area contributed by atoms with Gasteiger partial charge in [0.2, 0.25) is 5.91 Å². The van der Waals surface area contributed by atoms with Crippen molar-refractivity contribution in [3.8, 4) is 5.75 Å². The fourth-order valence-electron chi connectivity index (χ4n) is 1.78. The normalized spacial score (nSPS) is 18.0. The molecule has 2 N–H and O–H groups in total. The van der Waals surface area contributed by atoms with Crippen LogP contribution in [0.4, 0.5) is 14.9 Å². The van der Waals surface area contributed by atoms with Crippen molar-refractivity contribution in [2.24, 2.45) is 0 Å². The number of phenols is 1. The molecule has 1 saturated heterocycles. The van der Waals surface area contributed by atoms with Gasteiger partial charge in [-0.15, -0.1) is 11.6 Å². The largest absolute Gasteiger partial charge is 0.505 e. The second-order valence-corrected chi connectivity index (χ2v) is 4.46. The number of nitrogens with zero attached hydrogens (tertiary/aromatic N) is 1. The Bertz CT molecular complexity index is 540. The third-order valence-corrected chi connectivity index (χ3v) is 3.01. The summed E-state index contributed by atoms with van der Waals surface area (Å²) in [6, 6.07) is 3.59. The van der Waals surface area contributed by atoms with Gasteiger partial charge in [0.1, 0.15) is 12.0 Å². The summed E-state index contributed by atoms with van der Waals surface area (Å²) in [6.45, 7) is 0.306. The number of hydrogen-bond acceptors (Lipinski definition) is 4. The fourth-order valence-corrected chi connectivity index (χ4v) is 1.87. The average molecular weight is 303 g/mol. The molecule has 1 atom stereocenters. The predicted octanol–water partition coefficient (Wildman–Crippen LogP) is 1.21. The molecule has 0 aliphatic carbocycles. The Hall–Kier alpha value is -2.02. The summed E-state index contributed by atoms with van der Waals surface area (Å²) in [5.41, 5.74) is 0.275. The molecule has 0 aromatic heterocycles. The number of aromatic hydroxyl groups is 1. The SMILES string of the molecule is O=C(CCl)NC[C@H]1CN(c2ccc(O)c(F)c2)C(=O)O1. The summed E-state index contributed by atoms with van der Waals surface area (Å²) < 4.78 is 18.3. The molecule has 1 aliphatic rings. The highest BCUT2D eigenvalue weighted by Gasteiger charge is 2.32. The van der Waals surface area contributed by atoms with Gasteiger partial charge < -0.3 is 15.2 Å². The van der Waals surface area contributed by atoms with E-state index in [-0.39, 0.29) is 30.6 Å². The van der Waals surface area contributed by atoms with Crippen molar-refractivity contribution in [1.29, 1.82) is 0 Å². The molecule has 2 amide bonds. The molecule has 0 unspecified atom stereocenters. The molecule has 1 aromatic rings. The van der Waals surface area contributed by atoms with Crippen LogP contribution in [0.5, 0.6) is 5.75 Å². The lowest BCUT2D eigenvalue weighted by Crippen LogP contribution is -2.35. The molecular weight excluding hydrogens is 291 g/mol. The molecule has 108 valence electrons. The minimum absolute atomic E-state index is 0.133. The lowest BCUT2D eigenvalue weighted by atomic mass is 10.2. The second kappa shape index (κ2) is 5.96. The van der Waals surface area contributed by atoms with Gasteiger partial charge in [-0.1, -0.05) is 0 Å². The minimum Gasteiger partial charge on any atom is -0.505 e. The lowest BCUT2D eigenvalue weighted by Gasteiger charge is -2.13. The molecule has 6 nitrogen and oxygen atoms in total. The smallest absolute Gasteiger partial charge is 0.414 e. The predicted molar refractivity (Wildman–Crippen MR) is 69.4 cm³/mol. The molecule has 8 heteroatoms. The van der Waals surface area contributed by atoms with E-state index in [9.17, 15) is 14.0 Å². The zero-order valence-electron chi connectivity index (χ0n) is 10.3. The number of anilines is 1. The fraction of sp³-hybridized carbons (Fsp3) is 0.333. The van der Waals surface area contributed by atoms with Crippen LogP contribution in [0.25, 0.3) is 0 Å². The molecule has 20 heavy (non-hydrogen) atoms. The van der Waals surface area contributed by atoms with Gasteiger partial charge in [0.15, 0.2) is 11.6 Å². The number of ether oxygens (including phenoxy) is 1. The van der Waals surface area contributed by atoms with Crippen molar-refractivity contribution in [1.82, 2.24) is 5.32 Å². The number of hydrogen-bond donors (Lipinski definition) is 2. The second-order valence-electron chi connectivity index (χ2n) is 4.19. The van der Waals surface area contributed by atoms with Gasteiger partial charge in [-0.2, -0.15) is 0 Å². The van der Waals surface area contributed by atoms with Crippen LogP contribution in [0.3, 0.4) is 0 Å². The molecule has 1 aliphatic heterocycles. The first-order valence-electron chi connectivity index (χ1n) is 5.80. The van der Waals surface area contributed by atoms with E-state index in [0.717, 1.165) is 12.1 Å². The number of benzene rings is 1. The number of carbonyl (C=O) groups is 2. The third-order valence-electron chi connectivity index (χ3n) is 2.77. The first-order valence-corrected chi connectivity index (χ1v) is 6.34. The minimum atomic E-state index is -0.825. The van der Waals surface area contributed by atoms with Gasteiger partial charge in [0, 0.05) is 6.07 Å². The summed E-state index contributed by atoms with van der Waals surface area (Å²) in [7, 11) is 0. The van der Waals surface area contributed by atoms with Crippen LogP contribution in [0.2, 0.25) is 0 Å². The van der Waals surface area contributed by atoms with Crippen LogP contribution in [0.1, 0.15) is 0 Å². The Morgan fingerprint density at radius 2 is 2.35 bits per heavy atom. The highest BCUT2D eigenvalue weighted by atomic mass is 35.5. The molecule has 1 fully saturated rings. The quantitative estimate of drug-likeness (QED) is 0.820. The highest BCUT2D eigenvalue weighted by Crippen LogP contribution is 2.26. The van der Waals surface area contributed by atoms with Gasteiger partial charge in [0.05, 0.1) is 18.8 Å². The number of amides is 2. The topological polar surface area (TPSA) is 78.9 Å². The number of cyclic esters (lactones) is 1. The Labute approximate surface area is 119 Å². The van der Waals surface area contributed by atoms with Crippen LogP contribution >= 0.6 is 11.6 Å². The van der Waals surface area contributed by atoms with Crippen molar-refractivity contribution in [2.45, 2.75) is 6.10 Å². The Morgan fingerprint density at radius 3 is 3.00 bits per heavy atom. The zero-order chi connectivity index (χ0) is 14.7. The summed E-state index contributed by atoms with van der Waals surface area (Å²) in [6.07, 6.45) is -1.17. The summed E-state index contributed by atoms with van der Waals surface area (Å²) in [5, 5.41) is 11.6. The first-order chi connectivity index (χ1) is 9.51. The maximum atomic E-state index is 13.3. The number of rotatable bonds is 4. The van der Waals surface area contributed by atoms with Crippen LogP contribution in [-0.2, 0) is 9.53 Å². The average Bonchev–Trinajstić information content (AvgIpc) is 2.80. The van der Waals surface area contributed by atoms with Crippen molar-refractivity contribution < 1.29 is 23.8 Å². The van der Waals surface area contributed by atoms with E-state index < -0.39 is 23.8 Å². The molecule has 1 heterocycles. The summed E-state index contributed by atoms with van der Waals surface area (Å²) in [5.74, 6) is -1.86. The molecular formula is C12H12ClFN2O4. The Balaban J connectivity index is 2.01. The number of phenolic OH excluding ortho intramolecular Hbond substituents is 1. The monoisotopic (exact) mass is 302 g/mol. The number of nitrogens with one attached hydrogen (secondary N) is 1.